The van der Waals surface area contributed by atoms with Crippen LogP contribution in [0.25, 0.3) is 0 Å². The minimum absolute atomic E-state index is 0.00898. The van der Waals surface area contributed by atoms with Crippen LogP contribution in [0.4, 0.5) is 4.39 Å². The minimum atomic E-state index is -4.23. The highest BCUT2D eigenvalue weighted by molar-refractivity contribution is 7.95. The molecule has 3 aromatic rings. The maximum atomic E-state index is 13.6. The van der Waals surface area contributed by atoms with Crippen molar-refractivity contribution in [2.45, 2.75) is 24.4 Å². The average Bonchev–Trinajstić information content (AvgIpc) is 3.05. The molecule has 0 fully saturated rings. The van der Waals surface area contributed by atoms with Gasteiger partial charge in [0.1, 0.15) is 16.5 Å². The van der Waals surface area contributed by atoms with Crippen molar-refractivity contribution in [3.63, 3.8) is 0 Å². The van der Waals surface area contributed by atoms with Gasteiger partial charge in [-0.2, -0.15) is 0 Å². The van der Waals surface area contributed by atoms with E-state index in [-0.39, 0.29) is 11.4 Å². The Hall–Kier alpha value is -3.65. The maximum Gasteiger partial charge on any atom is 0.290 e. The van der Waals surface area contributed by atoms with E-state index in [0.717, 1.165) is 5.56 Å². The minimum Gasteiger partial charge on any atom is -0.502 e. The van der Waals surface area contributed by atoms with E-state index in [2.05, 4.69) is 0 Å². The molecule has 8 heteroatoms. The van der Waals surface area contributed by atoms with Crippen molar-refractivity contribution in [3.05, 3.63) is 106 Å². The number of hydrogen-bond donors (Lipinski definition) is 1. The normalized spacial score (nSPS) is 16.4. The Bertz CT molecular complexity index is 1330. The van der Waals surface area contributed by atoms with Gasteiger partial charge in [0.2, 0.25) is 9.84 Å². The summed E-state index contributed by atoms with van der Waals surface area (Å²) in [6.45, 7) is 1.83. The first-order valence-electron chi connectivity index (χ1n) is 10.2. The Morgan fingerprint density at radius 2 is 1.70 bits per heavy atom. The van der Waals surface area contributed by atoms with Gasteiger partial charge in [0.05, 0.1) is 18.0 Å². The summed E-state index contributed by atoms with van der Waals surface area (Å²) in [5.41, 5.74) is 1.91. The number of halogens is 1. The second-order valence-electron chi connectivity index (χ2n) is 7.77. The van der Waals surface area contributed by atoms with Crippen LogP contribution in [0.15, 0.2) is 88.4 Å². The standard InChI is InChI=1S/C25H22FNO5S/c1-16-6-12-21(13-7-16)33(30,31)24-22(18-8-10-19(26)11-9-18)27(25(29)23(24)28)15-17-4-3-5-20(14-17)32-2/h3-14,22,28H,15H2,1-2H3/t22-/m0/s1. The van der Waals surface area contributed by atoms with Crippen LogP contribution in [-0.4, -0.2) is 31.4 Å². The molecule has 1 N–H and O–H groups in total. The van der Waals surface area contributed by atoms with Crippen molar-refractivity contribution in [2.24, 2.45) is 0 Å². The SMILES string of the molecule is COc1cccc(CN2C(=O)C(O)=C(S(=O)(=O)c3ccc(C)cc3)[C@@H]2c2ccc(F)cc2)c1. The Morgan fingerprint density at radius 1 is 1.03 bits per heavy atom. The van der Waals surface area contributed by atoms with Crippen molar-refractivity contribution >= 4 is 15.7 Å². The molecule has 0 radical (unpaired) electrons. The van der Waals surface area contributed by atoms with Gasteiger partial charge >= 0.3 is 0 Å². The number of aliphatic hydroxyl groups excluding tert-OH is 1. The Balaban J connectivity index is 1.84. The molecule has 1 heterocycles. The lowest BCUT2D eigenvalue weighted by atomic mass is 10.1. The highest BCUT2D eigenvalue weighted by Gasteiger charge is 2.46. The fourth-order valence-electron chi connectivity index (χ4n) is 3.86. The summed E-state index contributed by atoms with van der Waals surface area (Å²) in [5.74, 6) is -1.59. The van der Waals surface area contributed by atoms with Crippen LogP contribution < -0.4 is 4.74 Å². The summed E-state index contributed by atoms with van der Waals surface area (Å²) in [6, 6.07) is 17.2. The van der Waals surface area contributed by atoms with E-state index in [4.69, 9.17) is 4.74 Å². The Morgan fingerprint density at radius 3 is 2.33 bits per heavy atom. The molecule has 0 aromatic heterocycles. The van der Waals surface area contributed by atoms with E-state index in [0.29, 0.717) is 16.9 Å². The third-order valence-corrected chi connectivity index (χ3v) is 7.44. The lowest BCUT2D eigenvalue weighted by molar-refractivity contribution is -0.130. The second kappa shape index (κ2) is 8.71. The molecule has 0 saturated carbocycles. The highest BCUT2D eigenvalue weighted by Crippen LogP contribution is 2.43. The first-order chi connectivity index (χ1) is 15.7. The zero-order chi connectivity index (χ0) is 23.8. The predicted octanol–water partition coefficient (Wildman–Crippen LogP) is 4.47. The molecular formula is C25H22FNO5S. The Kier molecular flexibility index (Phi) is 5.95. The lowest BCUT2D eigenvalue weighted by Gasteiger charge is -2.27. The van der Waals surface area contributed by atoms with E-state index in [1.807, 2.05) is 6.92 Å². The first kappa shape index (κ1) is 22.5. The van der Waals surface area contributed by atoms with Crippen LogP contribution in [0.2, 0.25) is 0 Å². The lowest BCUT2D eigenvalue weighted by Crippen LogP contribution is -2.30. The topological polar surface area (TPSA) is 83.9 Å². The molecule has 4 rings (SSSR count). The van der Waals surface area contributed by atoms with Gasteiger partial charge in [-0.3, -0.25) is 4.79 Å². The molecule has 1 aliphatic rings. The van der Waals surface area contributed by atoms with Crippen molar-refractivity contribution in [3.8, 4) is 5.75 Å². The van der Waals surface area contributed by atoms with E-state index in [1.165, 1.54) is 48.4 Å². The number of rotatable bonds is 6. The van der Waals surface area contributed by atoms with Crippen molar-refractivity contribution in [2.75, 3.05) is 7.11 Å². The molecule has 3 aromatic carbocycles. The second-order valence-corrected chi connectivity index (χ2v) is 9.69. The third-order valence-electron chi connectivity index (χ3n) is 5.55. The summed E-state index contributed by atoms with van der Waals surface area (Å²) >= 11 is 0. The van der Waals surface area contributed by atoms with Crippen molar-refractivity contribution in [1.82, 2.24) is 4.90 Å². The summed E-state index contributed by atoms with van der Waals surface area (Å²) in [6.07, 6.45) is 0. The van der Waals surface area contributed by atoms with Crippen LogP contribution >= 0.6 is 0 Å². The third kappa shape index (κ3) is 4.21. The van der Waals surface area contributed by atoms with Gasteiger partial charge in [0, 0.05) is 6.54 Å². The number of amides is 1. The van der Waals surface area contributed by atoms with Gasteiger partial charge in [-0.05, 0) is 54.4 Å². The largest absolute Gasteiger partial charge is 0.502 e. The number of aliphatic hydroxyl groups is 1. The number of ether oxygens (including phenoxy) is 1. The summed E-state index contributed by atoms with van der Waals surface area (Å²) in [7, 11) is -2.72. The van der Waals surface area contributed by atoms with Crippen LogP contribution in [0, 0.1) is 12.7 Å². The van der Waals surface area contributed by atoms with Crippen LogP contribution in [0.3, 0.4) is 0 Å². The number of aryl methyl sites for hydroxylation is 1. The molecule has 0 bridgehead atoms. The number of methoxy groups -OCH3 is 1. The summed E-state index contributed by atoms with van der Waals surface area (Å²) in [5, 5.41) is 10.8. The molecule has 0 unspecified atom stereocenters. The molecule has 0 spiro atoms. The number of benzene rings is 3. The fraction of sp³-hybridized carbons (Fsp3) is 0.160. The smallest absolute Gasteiger partial charge is 0.290 e. The molecule has 1 amide bonds. The molecule has 0 saturated heterocycles. The molecule has 170 valence electrons. The molecule has 0 aliphatic carbocycles. The number of carbonyl (C=O) groups is 1. The highest BCUT2D eigenvalue weighted by atomic mass is 32.2. The summed E-state index contributed by atoms with van der Waals surface area (Å²) in [4.78, 5) is 13.9. The average molecular weight is 468 g/mol. The van der Waals surface area contributed by atoms with Crippen molar-refractivity contribution < 1.29 is 27.4 Å². The van der Waals surface area contributed by atoms with E-state index < -0.39 is 38.3 Å². The molecule has 1 aliphatic heterocycles. The maximum absolute atomic E-state index is 13.6. The quantitative estimate of drug-likeness (QED) is 0.578. The van der Waals surface area contributed by atoms with Gasteiger partial charge in [-0.15, -0.1) is 0 Å². The van der Waals surface area contributed by atoms with E-state index in [9.17, 15) is 22.7 Å². The van der Waals surface area contributed by atoms with Crippen LogP contribution in [0.5, 0.6) is 5.75 Å². The fourth-order valence-corrected chi connectivity index (χ4v) is 5.50. The van der Waals surface area contributed by atoms with Gasteiger partial charge in [0.15, 0.2) is 5.76 Å². The van der Waals surface area contributed by atoms with E-state index >= 15 is 0 Å². The zero-order valence-corrected chi connectivity index (χ0v) is 18.8. The zero-order valence-electron chi connectivity index (χ0n) is 18.0. The molecule has 33 heavy (non-hydrogen) atoms. The molecule has 6 nitrogen and oxygen atoms in total. The number of hydrogen-bond acceptors (Lipinski definition) is 5. The first-order valence-corrected chi connectivity index (χ1v) is 11.6. The number of nitrogens with zero attached hydrogens (tertiary/aromatic N) is 1. The number of sulfone groups is 1. The van der Waals surface area contributed by atoms with E-state index in [1.54, 1.807) is 36.4 Å². The van der Waals surface area contributed by atoms with Gasteiger partial charge in [-0.1, -0.05) is 42.0 Å². The summed E-state index contributed by atoms with van der Waals surface area (Å²) < 4.78 is 46.0. The number of carbonyl (C=O) groups excluding carboxylic acids is 1. The molecule has 1 atom stereocenters. The van der Waals surface area contributed by atoms with Crippen LogP contribution in [0.1, 0.15) is 22.7 Å². The van der Waals surface area contributed by atoms with Gasteiger partial charge in [-0.25, -0.2) is 12.8 Å². The van der Waals surface area contributed by atoms with Gasteiger partial charge in [0.25, 0.3) is 5.91 Å². The van der Waals surface area contributed by atoms with Crippen molar-refractivity contribution in [1.29, 1.82) is 0 Å². The van der Waals surface area contributed by atoms with Crippen LogP contribution in [-0.2, 0) is 21.2 Å². The monoisotopic (exact) mass is 467 g/mol. The Labute approximate surface area is 191 Å². The van der Waals surface area contributed by atoms with Gasteiger partial charge < -0.3 is 14.7 Å². The predicted molar refractivity (Wildman–Crippen MR) is 121 cm³/mol. The molecular weight excluding hydrogens is 445 g/mol.